The summed E-state index contributed by atoms with van der Waals surface area (Å²) < 4.78 is 0. The van der Waals surface area contributed by atoms with Gasteiger partial charge in [0.2, 0.25) is 0 Å². The van der Waals surface area contributed by atoms with Crippen LogP contribution in [0.4, 0.5) is 5.69 Å². The van der Waals surface area contributed by atoms with Crippen LogP contribution in [0.3, 0.4) is 0 Å². The Hall–Kier alpha value is -2.69. The van der Waals surface area contributed by atoms with Gasteiger partial charge in [0, 0.05) is 25.2 Å². The predicted molar refractivity (Wildman–Crippen MR) is 76.2 cm³/mol. The van der Waals surface area contributed by atoms with E-state index in [1.165, 1.54) is 12.1 Å². The van der Waals surface area contributed by atoms with Gasteiger partial charge in [0.15, 0.2) is 5.78 Å². The molecule has 0 aromatic heterocycles. The highest BCUT2D eigenvalue weighted by atomic mass is 16.3. The maximum absolute atomic E-state index is 12.2. The molecule has 0 bridgehead atoms. The highest BCUT2D eigenvalue weighted by molar-refractivity contribution is 6.09. The molecule has 0 radical (unpaired) electrons. The largest absolute Gasteiger partial charge is 0.508 e. The van der Waals surface area contributed by atoms with Crippen molar-refractivity contribution in [1.29, 1.82) is 0 Å². The van der Waals surface area contributed by atoms with Crippen molar-refractivity contribution in [3.8, 4) is 5.75 Å². The van der Waals surface area contributed by atoms with Crippen LogP contribution in [0.2, 0.25) is 0 Å². The summed E-state index contributed by atoms with van der Waals surface area (Å²) in [6.45, 7) is 0. The zero-order chi connectivity index (χ0) is 14.5. The maximum atomic E-state index is 12.2. The molecule has 0 aliphatic rings. The van der Waals surface area contributed by atoms with Gasteiger partial charge in [0.05, 0.1) is 5.69 Å². The number of ketones is 1. The zero-order valence-corrected chi connectivity index (χ0v) is 11.3. The van der Waals surface area contributed by atoms with Crippen LogP contribution in [0, 0.1) is 0 Å². The van der Waals surface area contributed by atoms with Gasteiger partial charge in [-0.2, -0.15) is 0 Å². The van der Waals surface area contributed by atoms with E-state index >= 15 is 0 Å². The fourth-order valence-corrected chi connectivity index (χ4v) is 1.60. The summed E-state index contributed by atoms with van der Waals surface area (Å²) >= 11 is 0. The Balaban J connectivity index is 2.17. The molecule has 0 unspecified atom stereocenters. The molecule has 5 heteroatoms. The van der Waals surface area contributed by atoms with Crippen LogP contribution >= 0.6 is 0 Å². The quantitative estimate of drug-likeness (QED) is 0.526. The van der Waals surface area contributed by atoms with Crippen molar-refractivity contribution in [3.05, 3.63) is 59.7 Å². The van der Waals surface area contributed by atoms with Gasteiger partial charge >= 0.3 is 0 Å². The molecular weight excluding hydrogens is 254 g/mol. The highest BCUT2D eigenvalue weighted by Gasteiger charge is 2.08. The first-order chi connectivity index (χ1) is 9.56. The van der Waals surface area contributed by atoms with E-state index in [4.69, 9.17) is 0 Å². The smallest absolute Gasteiger partial charge is 0.193 e. The number of phenols is 1. The summed E-state index contributed by atoms with van der Waals surface area (Å²) in [5, 5.41) is 18.7. The van der Waals surface area contributed by atoms with Crippen molar-refractivity contribution < 1.29 is 9.90 Å². The number of hydrogen-bond acceptors (Lipinski definition) is 4. The van der Waals surface area contributed by atoms with Gasteiger partial charge in [-0.05, 0) is 48.5 Å². The average Bonchev–Trinajstić information content (AvgIpc) is 2.46. The monoisotopic (exact) mass is 269 g/mol. The summed E-state index contributed by atoms with van der Waals surface area (Å²) in [5.74, 6) is 0.0436. The lowest BCUT2D eigenvalue weighted by Gasteiger charge is -2.03. The number of phenolic OH excluding ortho intramolecular Hbond substituents is 1. The first-order valence-electron chi connectivity index (χ1n) is 6.09. The number of hydrogen-bond donors (Lipinski definition) is 1. The summed E-state index contributed by atoms with van der Waals surface area (Å²) in [7, 11) is 3.57. The topological polar surface area (TPSA) is 65.3 Å². The third-order valence-electron chi connectivity index (χ3n) is 2.60. The van der Waals surface area contributed by atoms with E-state index in [1.807, 2.05) is 0 Å². The molecule has 5 nitrogen and oxygen atoms in total. The van der Waals surface area contributed by atoms with E-state index in [-0.39, 0.29) is 11.5 Å². The fourth-order valence-electron chi connectivity index (χ4n) is 1.60. The van der Waals surface area contributed by atoms with E-state index < -0.39 is 0 Å². The molecule has 2 aromatic rings. The molecule has 0 fully saturated rings. The SMILES string of the molecule is CN(C)/N=N/c1ccc(C(=O)c2ccc(O)cc2)cc1. The maximum Gasteiger partial charge on any atom is 0.193 e. The summed E-state index contributed by atoms with van der Waals surface area (Å²) in [6.07, 6.45) is 0. The van der Waals surface area contributed by atoms with Crippen LogP contribution in [-0.4, -0.2) is 30.0 Å². The van der Waals surface area contributed by atoms with E-state index in [9.17, 15) is 9.90 Å². The molecule has 0 saturated carbocycles. The standard InChI is InChI=1S/C15H15N3O2/c1-18(2)17-16-13-7-3-11(4-8-13)15(20)12-5-9-14(19)10-6-12/h3-10,19H,1-2H3/b17-16+. The van der Waals surface area contributed by atoms with Crippen LogP contribution < -0.4 is 0 Å². The molecule has 0 spiro atoms. The second kappa shape index (κ2) is 5.97. The molecule has 20 heavy (non-hydrogen) atoms. The Morgan fingerprint density at radius 3 is 1.95 bits per heavy atom. The van der Waals surface area contributed by atoms with Gasteiger partial charge in [-0.3, -0.25) is 9.80 Å². The van der Waals surface area contributed by atoms with Gasteiger partial charge in [0.1, 0.15) is 5.75 Å². The Morgan fingerprint density at radius 1 is 0.950 bits per heavy atom. The molecule has 2 rings (SSSR count). The lowest BCUT2D eigenvalue weighted by molar-refractivity contribution is 0.103. The van der Waals surface area contributed by atoms with E-state index in [0.717, 1.165) is 0 Å². The number of carbonyl (C=O) groups excluding carboxylic acids is 1. The van der Waals surface area contributed by atoms with Crippen LogP contribution in [0.25, 0.3) is 0 Å². The second-order valence-corrected chi connectivity index (χ2v) is 4.46. The number of benzene rings is 2. The number of nitrogens with zero attached hydrogens (tertiary/aromatic N) is 3. The molecule has 0 aliphatic heterocycles. The normalized spacial score (nSPS) is 10.7. The summed E-state index contributed by atoms with van der Waals surface area (Å²) in [4.78, 5) is 12.2. The van der Waals surface area contributed by atoms with E-state index in [2.05, 4.69) is 10.3 Å². The highest BCUT2D eigenvalue weighted by Crippen LogP contribution is 2.18. The van der Waals surface area contributed by atoms with Crippen LogP contribution in [0.5, 0.6) is 5.75 Å². The minimum absolute atomic E-state index is 0.0962. The lowest BCUT2D eigenvalue weighted by Crippen LogP contribution is -2.00. The molecule has 0 heterocycles. The van der Waals surface area contributed by atoms with Crippen molar-refractivity contribution >= 4 is 11.5 Å². The Kier molecular flexibility index (Phi) is 4.10. The van der Waals surface area contributed by atoms with Crippen molar-refractivity contribution in [1.82, 2.24) is 5.01 Å². The van der Waals surface area contributed by atoms with E-state index in [1.54, 1.807) is 55.5 Å². The van der Waals surface area contributed by atoms with Crippen LogP contribution in [-0.2, 0) is 0 Å². The van der Waals surface area contributed by atoms with Crippen molar-refractivity contribution in [3.63, 3.8) is 0 Å². The molecule has 1 N–H and O–H groups in total. The van der Waals surface area contributed by atoms with Crippen molar-refractivity contribution in [2.24, 2.45) is 10.3 Å². The summed E-state index contributed by atoms with van der Waals surface area (Å²) in [5.41, 5.74) is 1.78. The molecule has 0 amide bonds. The number of rotatable bonds is 4. The Labute approximate surface area is 117 Å². The Morgan fingerprint density at radius 2 is 1.45 bits per heavy atom. The Bertz CT molecular complexity index is 617. The molecule has 2 aromatic carbocycles. The van der Waals surface area contributed by atoms with Crippen molar-refractivity contribution in [2.75, 3.05) is 14.1 Å². The molecule has 0 aliphatic carbocycles. The number of carbonyl (C=O) groups is 1. The third kappa shape index (κ3) is 3.41. The van der Waals surface area contributed by atoms with Crippen LogP contribution in [0.1, 0.15) is 15.9 Å². The minimum atomic E-state index is -0.0962. The van der Waals surface area contributed by atoms with E-state index in [0.29, 0.717) is 16.8 Å². The molecule has 0 atom stereocenters. The summed E-state index contributed by atoms with van der Waals surface area (Å²) in [6, 6.07) is 13.1. The minimum Gasteiger partial charge on any atom is -0.508 e. The molecular formula is C15H15N3O2. The zero-order valence-electron chi connectivity index (χ0n) is 11.3. The first-order valence-corrected chi connectivity index (χ1v) is 6.09. The molecule has 102 valence electrons. The van der Waals surface area contributed by atoms with Gasteiger partial charge in [0.25, 0.3) is 0 Å². The fraction of sp³-hybridized carbons (Fsp3) is 0.133. The number of aromatic hydroxyl groups is 1. The van der Waals surface area contributed by atoms with Gasteiger partial charge < -0.3 is 5.11 Å². The first kappa shape index (κ1) is 13.7. The van der Waals surface area contributed by atoms with Gasteiger partial charge in [-0.25, -0.2) is 0 Å². The molecule has 0 saturated heterocycles. The lowest BCUT2D eigenvalue weighted by atomic mass is 10.0. The predicted octanol–water partition coefficient (Wildman–Crippen LogP) is 3.18. The third-order valence-corrected chi connectivity index (χ3v) is 2.60. The van der Waals surface area contributed by atoms with Crippen molar-refractivity contribution in [2.45, 2.75) is 0 Å². The average molecular weight is 269 g/mol. The van der Waals surface area contributed by atoms with Gasteiger partial charge in [-0.15, -0.1) is 5.11 Å². The van der Waals surface area contributed by atoms with Gasteiger partial charge in [-0.1, -0.05) is 5.22 Å². The van der Waals surface area contributed by atoms with Crippen LogP contribution in [0.15, 0.2) is 58.9 Å². The second-order valence-electron chi connectivity index (χ2n) is 4.46.